The van der Waals surface area contributed by atoms with Crippen molar-refractivity contribution in [1.82, 2.24) is 34.5 Å². The summed E-state index contributed by atoms with van der Waals surface area (Å²) in [5, 5.41) is 9.92. The van der Waals surface area contributed by atoms with E-state index in [4.69, 9.17) is 38.4 Å². The number of fused-ring (bicyclic) bond motifs is 3. The Kier molecular flexibility index (Phi) is 12.9. The van der Waals surface area contributed by atoms with Crippen LogP contribution in [0.25, 0.3) is 22.3 Å². The van der Waals surface area contributed by atoms with Crippen LogP contribution in [0.4, 0.5) is 15.5 Å². The van der Waals surface area contributed by atoms with Gasteiger partial charge in [-0.2, -0.15) is 0 Å². The van der Waals surface area contributed by atoms with Gasteiger partial charge >= 0.3 is 18.2 Å². The van der Waals surface area contributed by atoms with Crippen molar-refractivity contribution in [2.24, 2.45) is 5.41 Å². The average Bonchev–Trinajstić information content (AvgIpc) is 3.55. The molecule has 0 radical (unpaired) electrons. The predicted octanol–water partition coefficient (Wildman–Crippen LogP) is 6.92. The molecule has 6 heterocycles. The van der Waals surface area contributed by atoms with E-state index in [-0.39, 0.29) is 38.1 Å². The zero-order valence-electron chi connectivity index (χ0n) is 38.4. The third kappa shape index (κ3) is 9.66. The van der Waals surface area contributed by atoms with Gasteiger partial charge in [-0.25, -0.2) is 28.9 Å². The Morgan fingerprint density at radius 1 is 0.891 bits per heavy atom. The number of likely N-dealkylation sites (tertiary alicyclic amines) is 2. The van der Waals surface area contributed by atoms with Gasteiger partial charge in [0.2, 0.25) is 5.95 Å². The van der Waals surface area contributed by atoms with Gasteiger partial charge in [0.1, 0.15) is 23.6 Å². The van der Waals surface area contributed by atoms with Crippen LogP contribution in [0.3, 0.4) is 0 Å². The van der Waals surface area contributed by atoms with Gasteiger partial charge in [-0.15, -0.1) is 10.2 Å². The van der Waals surface area contributed by atoms with Crippen molar-refractivity contribution in [3.8, 4) is 17.0 Å². The molecule has 2 saturated heterocycles. The SMILES string of the molecule is CCOC(=O)COC[C@@H]1c2c(n(C(=O)OC(C)(C)C)c3nnc(-c4ccccc4OCOC)cc23)CCN1c1ncc(C2CCN(C3CC4(C3)CN(C(=O)OC(C)(C)C)C4)CC2)cn1. The standard InChI is InChI=1S/C47H62N8O9/c1-9-61-39(56)26-60-25-37-40-34-20-35(33-12-10-11-13-38(33)62-29-59-8)50-51-41(34)55(44(58)64-46(5,6)7)36(40)16-19-54(37)42-48-23-31(24-49-42)30-14-17-52(18-15-30)32-21-47(22-32)27-53(28-47)43(57)63-45(2,3)4/h10-13,20,23-24,30,32,37H,9,14-19,21-22,25-29H2,1-8H3/t37-/m1/s1. The van der Waals surface area contributed by atoms with E-state index in [0.29, 0.717) is 64.6 Å². The predicted molar refractivity (Wildman–Crippen MR) is 237 cm³/mol. The van der Waals surface area contributed by atoms with Crippen LogP contribution in [0.5, 0.6) is 5.75 Å². The van der Waals surface area contributed by atoms with Gasteiger partial charge in [-0.1, -0.05) is 12.1 Å². The number of aromatic nitrogens is 5. The second-order valence-corrected chi connectivity index (χ2v) is 19.5. The van der Waals surface area contributed by atoms with Gasteiger partial charge in [0.15, 0.2) is 12.4 Å². The number of anilines is 1. The molecular formula is C47H62N8O9. The van der Waals surface area contributed by atoms with Crippen molar-refractivity contribution in [1.29, 1.82) is 0 Å². The maximum Gasteiger partial charge on any atom is 0.420 e. The fourth-order valence-corrected chi connectivity index (χ4v) is 9.70. The number of rotatable bonds is 12. The summed E-state index contributed by atoms with van der Waals surface area (Å²) < 4.78 is 35.4. The molecule has 1 aromatic carbocycles. The van der Waals surface area contributed by atoms with E-state index in [1.165, 1.54) is 4.57 Å². The summed E-state index contributed by atoms with van der Waals surface area (Å²) in [7, 11) is 1.56. The Hall–Kier alpha value is -5.39. The molecule has 1 aliphatic carbocycles. The highest BCUT2D eigenvalue weighted by molar-refractivity contribution is 5.94. The number of para-hydroxylation sites is 1. The number of ether oxygens (including phenoxy) is 6. The summed E-state index contributed by atoms with van der Waals surface area (Å²) in [6.07, 6.45) is 7.82. The number of esters is 1. The number of benzene rings is 1. The topological polar surface area (TPSA) is 173 Å². The van der Waals surface area contributed by atoms with Gasteiger partial charge < -0.3 is 43.1 Å². The lowest BCUT2D eigenvalue weighted by molar-refractivity contribution is -0.148. The van der Waals surface area contributed by atoms with Gasteiger partial charge in [0, 0.05) is 79.2 Å². The molecule has 3 aliphatic heterocycles. The number of methoxy groups -OCH3 is 1. The first kappa shape index (κ1) is 45.2. The summed E-state index contributed by atoms with van der Waals surface area (Å²) in [6, 6.07) is 9.41. The lowest BCUT2D eigenvalue weighted by Gasteiger charge is -2.61. The number of nitrogens with zero attached hydrogens (tertiary/aromatic N) is 8. The molecule has 8 rings (SSSR count). The molecule has 17 nitrogen and oxygen atoms in total. The Bertz CT molecular complexity index is 2320. The van der Waals surface area contributed by atoms with Gasteiger partial charge in [0.25, 0.3) is 0 Å². The molecule has 4 aliphatic rings. The van der Waals surface area contributed by atoms with Crippen LogP contribution >= 0.6 is 0 Å². The first-order valence-electron chi connectivity index (χ1n) is 22.4. The van der Waals surface area contributed by atoms with E-state index in [1.807, 2.05) is 89.2 Å². The molecular weight excluding hydrogens is 821 g/mol. The minimum atomic E-state index is -0.774. The number of piperidine rings is 1. The lowest BCUT2D eigenvalue weighted by Crippen LogP contribution is -2.68. The highest BCUT2D eigenvalue weighted by Gasteiger charge is 2.56. The van der Waals surface area contributed by atoms with Crippen molar-refractivity contribution in [3.05, 3.63) is 59.5 Å². The van der Waals surface area contributed by atoms with Gasteiger partial charge in [0.05, 0.1) is 24.9 Å². The van der Waals surface area contributed by atoms with Crippen molar-refractivity contribution in [3.63, 3.8) is 0 Å². The largest absolute Gasteiger partial charge is 0.467 e. The summed E-state index contributed by atoms with van der Waals surface area (Å²) in [5.74, 6) is 0.933. The Labute approximate surface area is 374 Å². The minimum absolute atomic E-state index is 0.0456. The van der Waals surface area contributed by atoms with E-state index >= 15 is 0 Å². The molecule has 0 bridgehead atoms. The van der Waals surface area contributed by atoms with Crippen LogP contribution in [-0.4, -0.2) is 136 Å². The third-order valence-electron chi connectivity index (χ3n) is 12.5. The Morgan fingerprint density at radius 2 is 1.58 bits per heavy atom. The van der Waals surface area contributed by atoms with Crippen molar-refractivity contribution in [2.45, 2.75) is 110 Å². The van der Waals surface area contributed by atoms with Crippen LogP contribution in [0, 0.1) is 5.41 Å². The van der Waals surface area contributed by atoms with Crippen LogP contribution in [0.1, 0.15) is 103 Å². The second-order valence-electron chi connectivity index (χ2n) is 19.5. The molecule has 4 aromatic rings. The van der Waals surface area contributed by atoms with Crippen LogP contribution in [-0.2, 0) is 34.9 Å². The van der Waals surface area contributed by atoms with Crippen LogP contribution in [0.2, 0.25) is 0 Å². The molecule has 1 saturated carbocycles. The third-order valence-corrected chi connectivity index (χ3v) is 12.5. The molecule has 344 valence electrons. The zero-order valence-corrected chi connectivity index (χ0v) is 38.4. The molecule has 0 N–H and O–H groups in total. The van der Waals surface area contributed by atoms with E-state index in [1.54, 1.807) is 14.0 Å². The number of hydrogen-bond acceptors (Lipinski definition) is 15. The minimum Gasteiger partial charge on any atom is -0.467 e. The highest BCUT2D eigenvalue weighted by Crippen LogP contribution is 2.51. The quantitative estimate of drug-likeness (QED) is 0.0815. The normalized spacial score (nSPS) is 19.2. The monoisotopic (exact) mass is 882 g/mol. The van der Waals surface area contributed by atoms with Crippen molar-refractivity contribution in [2.75, 3.05) is 71.3 Å². The number of hydrogen-bond donors (Lipinski definition) is 0. The summed E-state index contributed by atoms with van der Waals surface area (Å²) in [4.78, 5) is 55.5. The van der Waals surface area contributed by atoms with Gasteiger partial charge in [-0.3, -0.25) is 0 Å². The van der Waals surface area contributed by atoms with Crippen LogP contribution in [0.15, 0.2) is 42.7 Å². The Balaban J connectivity index is 1.03. The molecule has 17 heteroatoms. The summed E-state index contributed by atoms with van der Waals surface area (Å²) in [5.41, 5.74) is 3.13. The molecule has 0 unspecified atom stereocenters. The zero-order chi connectivity index (χ0) is 45.4. The van der Waals surface area contributed by atoms with E-state index in [0.717, 1.165) is 63.0 Å². The smallest absolute Gasteiger partial charge is 0.420 e. The Morgan fingerprint density at radius 3 is 2.25 bits per heavy atom. The van der Waals surface area contributed by atoms with E-state index in [9.17, 15) is 14.4 Å². The fraction of sp³-hybridized carbons (Fsp3) is 0.596. The fourth-order valence-electron chi connectivity index (χ4n) is 9.70. The molecule has 64 heavy (non-hydrogen) atoms. The molecule has 1 amide bonds. The van der Waals surface area contributed by atoms with Gasteiger partial charge in [-0.05, 0) is 117 Å². The summed E-state index contributed by atoms with van der Waals surface area (Å²) in [6.45, 7) is 17.1. The highest BCUT2D eigenvalue weighted by atomic mass is 16.7. The molecule has 3 fully saturated rings. The maximum atomic E-state index is 14.0. The number of carbonyl (C=O) groups excluding carboxylic acids is 3. The summed E-state index contributed by atoms with van der Waals surface area (Å²) >= 11 is 0. The number of carbonyl (C=O) groups is 3. The lowest BCUT2D eigenvalue weighted by atomic mass is 9.60. The molecule has 1 spiro atoms. The van der Waals surface area contributed by atoms with E-state index in [2.05, 4.69) is 20.0 Å². The molecule has 1 atom stereocenters. The number of amides is 1. The average molecular weight is 883 g/mol. The van der Waals surface area contributed by atoms with Crippen LogP contribution < -0.4 is 9.64 Å². The van der Waals surface area contributed by atoms with Crippen molar-refractivity contribution >= 4 is 35.1 Å². The van der Waals surface area contributed by atoms with E-state index < -0.39 is 29.3 Å². The van der Waals surface area contributed by atoms with Crippen molar-refractivity contribution < 1.29 is 42.8 Å². The molecule has 3 aromatic heterocycles. The second kappa shape index (κ2) is 18.2. The maximum absolute atomic E-state index is 14.0. The first-order valence-corrected chi connectivity index (χ1v) is 22.4. The first-order chi connectivity index (χ1) is 30.5.